The first-order valence-corrected chi connectivity index (χ1v) is 19.4. The van der Waals surface area contributed by atoms with E-state index in [4.69, 9.17) is 0 Å². The van der Waals surface area contributed by atoms with Gasteiger partial charge in [0, 0.05) is 77.7 Å². The van der Waals surface area contributed by atoms with E-state index in [1.165, 1.54) is 9.80 Å². The second-order valence-corrected chi connectivity index (χ2v) is 18.1. The summed E-state index contributed by atoms with van der Waals surface area (Å²) >= 11 is 3.19. The zero-order valence-electron chi connectivity index (χ0n) is 24.5. The Kier molecular flexibility index (Phi) is 10.8. The Hall–Kier alpha value is -1.24. The van der Waals surface area contributed by atoms with Crippen LogP contribution in [0.5, 0.6) is 0 Å². The fraction of sp³-hybridized carbons (Fsp3) is 0.724. The summed E-state index contributed by atoms with van der Waals surface area (Å²) < 4.78 is 25.2. The van der Waals surface area contributed by atoms with Crippen molar-refractivity contribution in [3.05, 3.63) is 22.0 Å². The van der Waals surface area contributed by atoms with Gasteiger partial charge in [-0.2, -0.15) is 0 Å². The fourth-order valence-corrected chi connectivity index (χ4v) is 10.9. The van der Waals surface area contributed by atoms with Crippen LogP contribution in [0.4, 0.5) is 0 Å². The summed E-state index contributed by atoms with van der Waals surface area (Å²) in [6, 6.07) is 0. The van der Waals surface area contributed by atoms with Crippen molar-refractivity contribution in [2.75, 3.05) is 34.5 Å². The maximum atomic E-state index is 13.0. The molecule has 4 unspecified atom stereocenters. The number of hydrogen-bond acceptors (Lipinski definition) is 8. The Balaban J connectivity index is 1.13. The van der Waals surface area contributed by atoms with E-state index in [0.29, 0.717) is 55.1 Å². The predicted octanol–water partition coefficient (Wildman–Crippen LogP) is 4.00. The van der Waals surface area contributed by atoms with Gasteiger partial charge >= 0.3 is 0 Å². The van der Waals surface area contributed by atoms with Crippen LogP contribution in [-0.2, 0) is 40.8 Å². The second kappa shape index (κ2) is 13.6. The molecule has 0 radical (unpaired) electrons. The molecule has 8 nitrogen and oxygen atoms in total. The lowest BCUT2D eigenvalue weighted by Crippen LogP contribution is -2.54. The lowest BCUT2D eigenvalue weighted by atomic mass is 9.91. The number of imide groups is 2. The Labute approximate surface area is 257 Å². The lowest BCUT2D eigenvalue weighted by Gasteiger charge is -2.40. The van der Waals surface area contributed by atoms with E-state index >= 15 is 0 Å². The van der Waals surface area contributed by atoms with Crippen LogP contribution in [0, 0.1) is 11.8 Å². The normalized spacial score (nSPS) is 24.8. The van der Waals surface area contributed by atoms with Crippen molar-refractivity contribution in [3.63, 3.8) is 0 Å². The number of amides is 4. The number of hydrogen-bond donors (Lipinski definition) is 0. The topological polar surface area (TPSA) is 109 Å². The molecule has 0 aliphatic carbocycles. The largest absolute Gasteiger partial charge is 0.274 e. The van der Waals surface area contributed by atoms with E-state index in [-0.39, 0.29) is 35.5 Å². The summed E-state index contributed by atoms with van der Waals surface area (Å²) in [6.07, 6.45) is 7.79. The van der Waals surface area contributed by atoms with Gasteiger partial charge in [-0.25, -0.2) is 0 Å². The van der Waals surface area contributed by atoms with Gasteiger partial charge in [0.1, 0.15) is 0 Å². The highest BCUT2D eigenvalue weighted by molar-refractivity contribution is 8.03. The first kappa shape index (κ1) is 32.7. The first-order chi connectivity index (χ1) is 19.3. The van der Waals surface area contributed by atoms with Crippen molar-refractivity contribution < 1.29 is 27.6 Å². The van der Waals surface area contributed by atoms with E-state index in [1.54, 1.807) is 35.7 Å². The van der Waals surface area contributed by atoms with Gasteiger partial charge in [-0.15, -0.1) is 23.5 Å². The molecule has 0 bridgehead atoms. The van der Waals surface area contributed by atoms with Gasteiger partial charge in [-0.05, 0) is 84.1 Å². The molecule has 2 fully saturated rings. The SMILES string of the molecule is CC(C)(CCCS(=O)CCCS(=O)CCCC(C)(C)N1C(=O)C=C2SCCC2C1=O)N1C(=O)C=C2SCCC2C1=O. The van der Waals surface area contributed by atoms with E-state index in [0.717, 1.165) is 34.2 Å². The average molecular weight is 643 g/mol. The van der Waals surface area contributed by atoms with Crippen molar-refractivity contribution in [1.29, 1.82) is 0 Å². The minimum atomic E-state index is -1.06. The molecule has 4 atom stereocenters. The summed E-state index contributed by atoms with van der Waals surface area (Å²) in [4.78, 5) is 55.9. The van der Waals surface area contributed by atoms with Gasteiger partial charge < -0.3 is 0 Å². The predicted molar refractivity (Wildman–Crippen MR) is 168 cm³/mol. The number of carbonyl (C=O) groups is 4. The van der Waals surface area contributed by atoms with E-state index in [1.807, 2.05) is 27.7 Å². The van der Waals surface area contributed by atoms with Crippen LogP contribution in [0.25, 0.3) is 0 Å². The molecular weight excluding hydrogens is 601 g/mol. The molecule has 0 N–H and O–H groups in total. The Bertz CT molecular complexity index is 1100. The third-order valence-corrected chi connectivity index (χ3v) is 13.6. The van der Waals surface area contributed by atoms with Crippen LogP contribution in [-0.4, -0.2) is 87.4 Å². The highest BCUT2D eigenvalue weighted by atomic mass is 32.2. The zero-order chi connectivity index (χ0) is 29.9. The number of fused-ring (bicyclic) bond motifs is 2. The molecule has 4 amide bonds. The summed E-state index contributed by atoms with van der Waals surface area (Å²) in [5, 5.41) is 0. The highest BCUT2D eigenvalue weighted by Crippen LogP contribution is 2.43. The molecule has 4 heterocycles. The second-order valence-electron chi connectivity index (χ2n) is 12.4. The smallest absolute Gasteiger partial charge is 0.254 e. The van der Waals surface area contributed by atoms with Crippen molar-refractivity contribution in [2.45, 2.75) is 83.7 Å². The molecule has 228 valence electrons. The lowest BCUT2D eigenvalue weighted by molar-refractivity contribution is -0.153. The molecule has 4 aliphatic heterocycles. The highest BCUT2D eigenvalue weighted by Gasteiger charge is 2.45. The van der Waals surface area contributed by atoms with Gasteiger partial charge in [-0.1, -0.05) is 0 Å². The van der Waals surface area contributed by atoms with Crippen molar-refractivity contribution in [3.8, 4) is 0 Å². The Morgan fingerprint density at radius 3 is 1.44 bits per heavy atom. The quantitative estimate of drug-likeness (QED) is 0.262. The molecule has 0 aromatic heterocycles. The van der Waals surface area contributed by atoms with Crippen molar-refractivity contribution >= 4 is 68.8 Å². The molecule has 41 heavy (non-hydrogen) atoms. The molecule has 12 heteroatoms. The van der Waals surface area contributed by atoms with Crippen LogP contribution < -0.4 is 0 Å². The number of nitrogens with zero attached hydrogens (tertiary/aromatic N) is 2. The van der Waals surface area contributed by atoms with Crippen molar-refractivity contribution in [1.82, 2.24) is 9.80 Å². The summed E-state index contributed by atoms with van der Waals surface area (Å²) in [5.41, 5.74) is -1.28. The Morgan fingerprint density at radius 1 is 0.683 bits per heavy atom. The van der Waals surface area contributed by atoms with Gasteiger partial charge in [0.2, 0.25) is 11.8 Å². The molecule has 4 rings (SSSR count). The maximum absolute atomic E-state index is 13.0. The average Bonchev–Trinajstić information content (AvgIpc) is 3.53. The fourth-order valence-electron chi connectivity index (χ4n) is 6.08. The van der Waals surface area contributed by atoms with E-state index in [9.17, 15) is 27.6 Å². The molecule has 0 aromatic carbocycles. The van der Waals surface area contributed by atoms with Crippen LogP contribution in [0.1, 0.15) is 72.6 Å². The summed E-state index contributed by atoms with van der Waals surface area (Å²) in [5.74, 6) is 2.53. The molecule has 4 aliphatic rings. The maximum Gasteiger partial charge on any atom is 0.254 e. The van der Waals surface area contributed by atoms with E-state index in [2.05, 4.69) is 0 Å². The number of thioether (sulfide) groups is 2. The summed E-state index contributed by atoms with van der Waals surface area (Å²) in [7, 11) is -2.12. The Morgan fingerprint density at radius 2 is 1.05 bits per heavy atom. The van der Waals surface area contributed by atoms with E-state index < -0.39 is 32.7 Å². The van der Waals surface area contributed by atoms with Gasteiger partial charge in [0.25, 0.3) is 11.8 Å². The third-order valence-electron chi connectivity index (χ3n) is 8.32. The monoisotopic (exact) mass is 642 g/mol. The summed E-state index contributed by atoms with van der Waals surface area (Å²) in [6.45, 7) is 7.59. The minimum absolute atomic E-state index is 0.109. The standard InChI is InChI=1S/C29H42N2O6S4/c1-28(2,30-24(32)18-22-20(26(30)34)8-12-38-22)10-5-14-40(36)16-7-17-41(37)15-6-11-29(3,4)31-25(33)19-23-21(27(31)35)9-13-39-23/h18-21H,5-17H2,1-4H3. The minimum Gasteiger partial charge on any atom is -0.274 e. The number of carbonyl (C=O) groups excluding carboxylic acids is 4. The molecular formula is C29H42N2O6S4. The first-order valence-electron chi connectivity index (χ1n) is 14.5. The zero-order valence-corrected chi connectivity index (χ0v) is 27.7. The van der Waals surface area contributed by atoms with Crippen LogP contribution in [0.3, 0.4) is 0 Å². The van der Waals surface area contributed by atoms with Crippen LogP contribution >= 0.6 is 23.5 Å². The third kappa shape index (κ3) is 7.65. The van der Waals surface area contributed by atoms with Gasteiger partial charge in [0.05, 0.1) is 11.8 Å². The van der Waals surface area contributed by atoms with Gasteiger partial charge in [-0.3, -0.25) is 37.4 Å². The van der Waals surface area contributed by atoms with Crippen LogP contribution in [0.15, 0.2) is 22.0 Å². The molecule has 2 saturated heterocycles. The van der Waals surface area contributed by atoms with Gasteiger partial charge in [0.15, 0.2) is 0 Å². The number of rotatable bonds is 14. The molecule has 0 aromatic rings. The molecule has 0 saturated carbocycles. The van der Waals surface area contributed by atoms with Crippen molar-refractivity contribution in [2.24, 2.45) is 11.8 Å². The molecule has 0 spiro atoms. The van der Waals surface area contributed by atoms with Crippen LogP contribution in [0.2, 0.25) is 0 Å².